The Morgan fingerprint density at radius 2 is 1.31 bits per heavy atom. The van der Waals surface area contributed by atoms with Crippen LogP contribution in [0.4, 0.5) is 36.7 Å². The van der Waals surface area contributed by atoms with Crippen LogP contribution in [0.1, 0.15) is 16.7 Å². The van der Waals surface area contributed by atoms with E-state index in [1.807, 2.05) is 42.5 Å². The van der Waals surface area contributed by atoms with Crippen molar-refractivity contribution in [3.8, 4) is 5.75 Å². The monoisotopic (exact) mass is 480 g/mol. The van der Waals surface area contributed by atoms with Crippen LogP contribution < -0.4 is 20.7 Å². The first-order valence-corrected chi connectivity index (χ1v) is 10.7. The van der Waals surface area contributed by atoms with E-state index in [1.54, 1.807) is 25.3 Å². The summed E-state index contributed by atoms with van der Waals surface area (Å²) in [6.07, 6.45) is -4.41. The van der Waals surface area contributed by atoms with Gasteiger partial charge in [0.05, 0.1) is 12.7 Å². The summed E-state index contributed by atoms with van der Waals surface area (Å²) in [5, 5.41) is 9.27. The molecule has 0 amide bonds. The van der Waals surface area contributed by atoms with Crippen LogP contribution in [-0.2, 0) is 19.3 Å². The minimum atomic E-state index is -4.41. The van der Waals surface area contributed by atoms with E-state index in [0.717, 1.165) is 23.4 Å². The van der Waals surface area contributed by atoms with Gasteiger partial charge in [-0.05, 0) is 47.5 Å². The normalized spacial score (nSPS) is 11.1. The van der Waals surface area contributed by atoms with Crippen LogP contribution in [0.5, 0.6) is 5.75 Å². The first-order valence-electron chi connectivity index (χ1n) is 10.7. The molecule has 0 unspecified atom stereocenters. The van der Waals surface area contributed by atoms with Gasteiger partial charge in [0.15, 0.2) is 0 Å². The fraction of sp³-hybridized carbons (Fsp3) is 0.160. The summed E-state index contributed by atoms with van der Waals surface area (Å²) in [6, 6.07) is 22.1. The van der Waals surface area contributed by atoms with E-state index in [2.05, 4.69) is 30.9 Å². The first-order chi connectivity index (χ1) is 16.9. The van der Waals surface area contributed by atoms with E-state index in [4.69, 9.17) is 4.74 Å². The van der Waals surface area contributed by atoms with Gasteiger partial charge in [-0.2, -0.15) is 28.1 Å². The number of anilines is 4. The van der Waals surface area contributed by atoms with Gasteiger partial charge in [-0.15, -0.1) is 0 Å². The van der Waals surface area contributed by atoms with Gasteiger partial charge < -0.3 is 20.7 Å². The number of methoxy groups -OCH3 is 1. The predicted octanol–water partition coefficient (Wildman–Crippen LogP) is 5.87. The lowest BCUT2D eigenvalue weighted by atomic mass is 10.1. The Hall–Kier alpha value is -4.34. The SMILES string of the molecule is COc1ccc(Nc2nc(NCc3ccccc3)nc(NCc3cccc(C(F)(F)F)c3)n2)cc1. The van der Waals surface area contributed by atoms with E-state index in [9.17, 15) is 13.2 Å². The number of nitrogens with one attached hydrogen (secondary N) is 3. The highest BCUT2D eigenvalue weighted by molar-refractivity contribution is 5.56. The second kappa shape index (κ2) is 10.7. The quantitative estimate of drug-likeness (QED) is 0.276. The van der Waals surface area contributed by atoms with Gasteiger partial charge in [-0.3, -0.25) is 0 Å². The summed E-state index contributed by atoms with van der Waals surface area (Å²) in [6.45, 7) is 0.591. The van der Waals surface area contributed by atoms with Gasteiger partial charge in [0.1, 0.15) is 5.75 Å². The van der Waals surface area contributed by atoms with E-state index in [-0.39, 0.29) is 18.4 Å². The summed E-state index contributed by atoms with van der Waals surface area (Å²) in [4.78, 5) is 13.2. The van der Waals surface area contributed by atoms with Gasteiger partial charge in [-0.1, -0.05) is 42.5 Å². The number of rotatable bonds is 9. The lowest BCUT2D eigenvalue weighted by molar-refractivity contribution is -0.137. The Labute approximate surface area is 200 Å². The van der Waals surface area contributed by atoms with Gasteiger partial charge >= 0.3 is 6.18 Å². The lowest BCUT2D eigenvalue weighted by Crippen LogP contribution is -2.12. The maximum absolute atomic E-state index is 13.0. The van der Waals surface area contributed by atoms with E-state index >= 15 is 0 Å². The maximum atomic E-state index is 13.0. The molecule has 35 heavy (non-hydrogen) atoms. The number of aromatic nitrogens is 3. The van der Waals surface area contributed by atoms with Crippen molar-refractivity contribution < 1.29 is 17.9 Å². The predicted molar refractivity (Wildman–Crippen MR) is 129 cm³/mol. The molecule has 7 nitrogen and oxygen atoms in total. The van der Waals surface area contributed by atoms with Crippen LogP contribution in [-0.4, -0.2) is 22.1 Å². The van der Waals surface area contributed by atoms with Crippen molar-refractivity contribution in [3.05, 3.63) is 95.6 Å². The fourth-order valence-electron chi connectivity index (χ4n) is 3.21. The van der Waals surface area contributed by atoms with Crippen molar-refractivity contribution >= 4 is 23.5 Å². The molecule has 0 fully saturated rings. The van der Waals surface area contributed by atoms with Crippen molar-refractivity contribution in [2.24, 2.45) is 0 Å². The molecule has 0 aliphatic heterocycles. The molecule has 3 aromatic carbocycles. The van der Waals surface area contributed by atoms with Gasteiger partial charge in [0, 0.05) is 18.8 Å². The standard InChI is InChI=1S/C25H23F3N6O/c1-35-21-12-10-20(11-13-21)31-24-33-22(29-15-17-6-3-2-4-7-17)32-23(34-24)30-16-18-8-5-9-19(14-18)25(26,27)28/h2-14H,15-16H2,1H3,(H3,29,30,31,32,33,34). The number of alkyl halides is 3. The molecule has 10 heteroatoms. The summed E-state index contributed by atoms with van der Waals surface area (Å²) >= 11 is 0. The average molecular weight is 480 g/mol. The van der Waals surface area contributed by atoms with Crippen LogP contribution in [0.25, 0.3) is 0 Å². The van der Waals surface area contributed by atoms with Crippen molar-refractivity contribution in [2.75, 3.05) is 23.1 Å². The molecule has 0 saturated heterocycles. The highest BCUT2D eigenvalue weighted by Crippen LogP contribution is 2.29. The Balaban J connectivity index is 1.53. The number of hydrogen-bond acceptors (Lipinski definition) is 7. The molecule has 0 aliphatic rings. The Bertz CT molecular complexity index is 1250. The molecule has 1 heterocycles. The van der Waals surface area contributed by atoms with Crippen LogP contribution in [0.2, 0.25) is 0 Å². The zero-order chi connectivity index (χ0) is 24.7. The first kappa shape index (κ1) is 23.8. The van der Waals surface area contributed by atoms with Crippen molar-refractivity contribution in [3.63, 3.8) is 0 Å². The molecule has 0 aliphatic carbocycles. The Morgan fingerprint density at radius 1 is 0.714 bits per heavy atom. The van der Waals surface area contributed by atoms with Crippen LogP contribution in [0.15, 0.2) is 78.9 Å². The number of ether oxygens (including phenoxy) is 1. The fourth-order valence-corrected chi connectivity index (χ4v) is 3.21. The van der Waals surface area contributed by atoms with Gasteiger partial charge in [0.25, 0.3) is 0 Å². The van der Waals surface area contributed by atoms with E-state index in [0.29, 0.717) is 23.8 Å². The molecule has 3 N–H and O–H groups in total. The minimum Gasteiger partial charge on any atom is -0.497 e. The van der Waals surface area contributed by atoms with Crippen LogP contribution in [0, 0.1) is 0 Å². The minimum absolute atomic E-state index is 0.105. The molecular formula is C25H23F3N6O. The average Bonchev–Trinajstić information content (AvgIpc) is 2.87. The number of nitrogens with zero attached hydrogens (tertiary/aromatic N) is 3. The molecule has 180 valence electrons. The third-order valence-corrected chi connectivity index (χ3v) is 4.98. The largest absolute Gasteiger partial charge is 0.497 e. The summed E-state index contributed by atoms with van der Waals surface area (Å²) < 4.78 is 44.3. The molecule has 4 aromatic rings. The van der Waals surface area contributed by atoms with Crippen LogP contribution in [0.3, 0.4) is 0 Å². The third-order valence-electron chi connectivity index (χ3n) is 4.98. The second-order valence-corrected chi connectivity index (χ2v) is 7.55. The molecule has 0 radical (unpaired) electrons. The van der Waals surface area contributed by atoms with Crippen molar-refractivity contribution in [2.45, 2.75) is 19.3 Å². The summed E-state index contributed by atoms with van der Waals surface area (Å²) in [5.74, 6) is 1.50. The maximum Gasteiger partial charge on any atom is 0.416 e. The Kier molecular flexibility index (Phi) is 7.30. The van der Waals surface area contributed by atoms with Crippen LogP contribution >= 0.6 is 0 Å². The highest BCUT2D eigenvalue weighted by Gasteiger charge is 2.30. The number of benzene rings is 3. The number of hydrogen-bond donors (Lipinski definition) is 3. The Morgan fingerprint density at radius 3 is 1.94 bits per heavy atom. The topological polar surface area (TPSA) is 84.0 Å². The molecule has 0 saturated carbocycles. The molecule has 4 rings (SSSR count). The van der Waals surface area contributed by atoms with Gasteiger partial charge in [0.2, 0.25) is 17.8 Å². The zero-order valence-corrected chi connectivity index (χ0v) is 18.8. The molecule has 0 atom stereocenters. The molecular weight excluding hydrogens is 457 g/mol. The van der Waals surface area contributed by atoms with Crippen molar-refractivity contribution in [1.29, 1.82) is 0 Å². The van der Waals surface area contributed by atoms with E-state index in [1.165, 1.54) is 6.07 Å². The van der Waals surface area contributed by atoms with Crippen molar-refractivity contribution in [1.82, 2.24) is 15.0 Å². The third kappa shape index (κ3) is 6.83. The zero-order valence-electron chi connectivity index (χ0n) is 18.8. The molecule has 0 bridgehead atoms. The van der Waals surface area contributed by atoms with Gasteiger partial charge in [-0.25, -0.2) is 0 Å². The van der Waals surface area contributed by atoms with E-state index < -0.39 is 11.7 Å². The lowest BCUT2D eigenvalue weighted by Gasteiger charge is -2.13. The highest BCUT2D eigenvalue weighted by atomic mass is 19.4. The second-order valence-electron chi connectivity index (χ2n) is 7.55. The summed E-state index contributed by atoms with van der Waals surface area (Å²) in [7, 11) is 1.58. The number of halogens is 3. The summed E-state index contributed by atoms with van der Waals surface area (Å²) in [5.41, 5.74) is 1.51. The molecule has 0 spiro atoms. The molecule has 1 aromatic heterocycles. The smallest absolute Gasteiger partial charge is 0.416 e.